The Kier molecular flexibility index (Phi) is 3.62. The fourth-order valence-electron chi connectivity index (χ4n) is 2.16. The number of hydrogen-bond acceptors (Lipinski definition) is 4. The third-order valence-corrected chi connectivity index (χ3v) is 4.01. The van der Waals surface area contributed by atoms with E-state index in [0.29, 0.717) is 17.1 Å². The number of hydrogen-bond donors (Lipinski definition) is 0. The monoisotopic (exact) mass is 298 g/mol. The van der Waals surface area contributed by atoms with E-state index in [1.165, 1.54) is 0 Å². The Bertz CT molecular complexity index is 739. The second-order valence-electron chi connectivity index (χ2n) is 4.72. The summed E-state index contributed by atoms with van der Waals surface area (Å²) >= 11 is 1.58. The Morgan fingerprint density at radius 3 is 2.86 bits per heavy atom. The van der Waals surface area contributed by atoms with Crippen LogP contribution in [-0.2, 0) is 9.53 Å². The molecule has 0 spiro atoms. The second-order valence-corrected chi connectivity index (χ2v) is 5.70. The van der Waals surface area contributed by atoms with E-state index in [0.717, 1.165) is 16.0 Å². The molecule has 1 aromatic carbocycles. The summed E-state index contributed by atoms with van der Waals surface area (Å²) in [5.41, 5.74) is 2.43. The maximum Gasteiger partial charge on any atom is 0.343 e. The molecule has 2 heterocycles. The van der Waals surface area contributed by atoms with Crippen LogP contribution >= 0.6 is 11.3 Å². The lowest BCUT2D eigenvalue weighted by Crippen LogP contribution is -1.98. The number of carbonyl (C=O) groups is 1. The van der Waals surface area contributed by atoms with Crippen LogP contribution in [0.25, 0.3) is 11.8 Å². The van der Waals surface area contributed by atoms with Crippen molar-refractivity contribution in [3.63, 3.8) is 0 Å². The van der Waals surface area contributed by atoms with E-state index in [-0.39, 0.29) is 5.97 Å². The van der Waals surface area contributed by atoms with E-state index in [1.807, 2.05) is 48.7 Å². The Morgan fingerprint density at radius 1 is 1.29 bits per heavy atom. The van der Waals surface area contributed by atoms with Gasteiger partial charge in [0.15, 0.2) is 0 Å². The molecule has 3 rings (SSSR count). The lowest BCUT2D eigenvalue weighted by Gasteiger charge is -2.09. The molecule has 0 fully saturated rings. The number of thiophene rings is 1. The Balaban J connectivity index is 2.01. The van der Waals surface area contributed by atoms with Crippen LogP contribution in [0.3, 0.4) is 0 Å². The Hall–Kier alpha value is -2.33. The molecule has 1 aliphatic rings. The topological polar surface area (TPSA) is 35.5 Å². The van der Waals surface area contributed by atoms with E-state index in [1.54, 1.807) is 24.5 Å². The third-order valence-electron chi connectivity index (χ3n) is 3.19. The zero-order valence-electron chi connectivity index (χ0n) is 11.8. The van der Waals surface area contributed by atoms with Gasteiger partial charge in [-0.3, -0.25) is 0 Å². The van der Waals surface area contributed by atoms with E-state index < -0.39 is 0 Å². The highest BCUT2D eigenvalue weighted by Gasteiger charge is 2.24. The maximum absolute atomic E-state index is 12.0. The maximum atomic E-state index is 12.0. The summed E-state index contributed by atoms with van der Waals surface area (Å²) in [6.07, 6.45) is 3.60. The number of benzene rings is 1. The van der Waals surface area contributed by atoms with Crippen LogP contribution in [0.4, 0.5) is 0 Å². The molecule has 0 aliphatic carbocycles. The number of cyclic esters (lactones) is 1. The summed E-state index contributed by atoms with van der Waals surface area (Å²) in [6.45, 7) is 1.99. The van der Waals surface area contributed by atoms with Gasteiger partial charge in [0.1, 0.15) is 11.5 Å². The van der Waals surface area contributed by atoms with Gasteiger partial charge in [-0.1, -0.05) is 17.7 Å². The molecule has 1 aliphatic heterocycles. The van der Waals surface area contributed by atoms with Gasteiger partial charge < -0.3 is 9.47 Å². The lowest BCUT2D eigenvalue weighted by atomic mass is 10.1. The summed E-state index contributed by atoms with van der Waals surface area (Å²) in [7, 11) is 1.61. The van der Waals surface area contributed by atoms with Crippen LogP contribution in [0.2, 0.25) is 0 Å². The van der Waals surface area contributed by atoms with Gasteiger partial charge in [0.25, 0.3) is 0 Å². The van der Waals surface area contributed by atoms with E-state index in [4.69, 9.17) is 9.47 Å². The molecule has 2 aromatic rings. The van der Waals surface area contributed by atoms with Crippen molar-refractivity contribution >= 4 is 29.1 Å². The quantitative estimate of drug-likeness (QED) is 0.633. The van der Waals surface area contributed by atoms with Gasteiger partial charge in [0.05, 0.1) is 18.2 Å². The molecule has 0 bridgehead atoms. The average Bonchev–Trinajstić information content (AvgIpc) is 3.10. The first-order valence-electron chi connectivity index (χ1n) is 6.51. The smallest absolute Gasteiger partial charge is 0.343 e. The van der Waals surface area contributed by atoms with Crippen molar-refractivity contribution in [2.24, 2.45) is 0 Å². The number of carbonyl (C=O) groups excluding carboxylic acids is 1. The fraction of sp³-hybridized carbons (Fsp3) is 0.118. The summed E-state index contributed by atoms with van der Waals surface area (Å²) in [5, 5.41) is 1.97. The molecule has 0 radical (unpaired) electrons. The highest BCUT2D eigenvalue weighted by atomic mass is 32.1. The van der Waals surface area contributed by atoms with Crippen LogP contribution in [0.1, 0.15) is 16.0 Å². The van der Waals surface area contributed by atoms with Gasteiger partial charge in [-0.15, -0.1) is 11.3 Å². The number of methoxy groups -OCH3 is 1. The predicted molar refractivity (Wildman–Crippen MR) is 84.1 cm³/mol. The van der Waals surface area contributed by atoms with Crippen LogP contribution < -0.4 is 4.74 Å². The number of rotatable bonds is 3. The molecule has 0 N–H and O–H groups in total. The molecular formula is C17H14O3S. The predicted octanol–water partition coefficient (Wildman–Crippen LogP) is 4.05. The van der Waals surface area contributed by atoms with Gasteiger partial charge in [0.2, 0.25) is 0 Å². The van der Waals surface area contributed by atoms with Crippen LogP contribution in [0, 0.1) is 6.92 Å². The SMILES string of the molecule is COc1ccc(C)cc1C1=C/C(=C/c2cccs2)C(=O)O1. The standard InChI is InChI=1S/C17H14O3S/c1-11-5-6-15(19-2)14(8-11)16-10-12(17(18)20-16)9-13-4-3-7-21-13/h3-10H,1-2H3/b12-9-. The first-order chi connectivity index (χ1) is 10.2. The van der Waals surface area contributed by atoms with Gasteiger partial charge in [-0.2, -0.15) is 0 Å². The Labute approximate surface area is 127 Å². The molecule has 0 unspecified atom stereocenters. The number of ether oxygens (including phenoxy) is 2. The minimum Gasteiger partial charge on any atom is -0.496 e. The minimum atomic E-state index is -0.332. The van der Waals surface area contributed by atoms with Crippen molar-refractivity contribution in [1.29, 1.82) is 0 Å². The Morgan fingerprint density at radius 2 is 2.14 bits per heavy atom. The molecular weight excluding hydrogens is 284 g/mol. The van der Waals surface area contributed by atoms with Crippen molar-refractivity contribution < 1.29 is 14.3 Å². The summed E-state index contributed by atoms with van der Waals surface area (Å²) < 4.78 is 10.7. The van der Waals surface area contributed by atoms with Crippen molar-refractivity contribution in [3.8, 4) is 5.75 Å². The van der Waals surface area contributed by atoms with Crippen molar-refractivity contribution in [2.75, 3.05) is 7.11 Å². The number of aryl methyl sites for hydroxylation is 1. The average molecular weight is 298 g/mol. The molecule has 4 heteroatoms. The lowest BCUT2D eigenvalue weighted by molar-refractivity contribution is -0.130. The fourth-order valence-corrected chi connectivity index (χ4v) is 2.83. The van der Waals surface area contributed by atoms with E-state index >= 15 is 0 Å². The summed E-state index contributed by atoms with van der Waals surface area (Å²) in [5.74, 6) is 0.891. The molecule has 3 nitrogen and oxygen atoms in total. The first-order valence-corrected chi connectivity index (χ1v) is 7.39. The van der Waals surface area contributed by atoms with Crippen molar-refractivity contribution in [2.45, 2.75) is 6.92 Å². The van der Waals surface area contributed by atoms with Gasteiger partial charge in [-0.05, 0) is 42.7 Å². The van der Waals surface area contributed by atoms with Crippen molar-refractivity contribution in [3.05, 3.63) is 63.4 Å². The number of esters is 1. The van der Waals surface area contributed by atoms with E-state index in [2.05, 4.69) is 0 Å². The van der Waals surface area contributed by atoms with Crippen LogP contribution in [0.5, 0.6) is 5.75 Å². The minimum absolute atomic E-state index is 0.332. The molecule has 106 valence electrons. The van der Waals surface area contributed by atoms with Gasteiger partial charge in [0, 0.05) is 4.88 Å². The zero-order valence-corrected chi connectivity index (χ0v) is 12.6. The molecule has 0 atom stereocenters. The molecule has 0 saturated carbocycles. The van der Waals surface area contributed by atoms with Crippen LogP contribution in [0.15, 0.2) is 47.4 Å². The summed E-state index contributed by atoms with van der Waals surface area (Å²) in [6, 6.07) is 9.70. The molecule has 21 heavy (non-hydrogen) atoms. The third kappa shape index (κ3) is 2.76. The molecule has 0 saturated heterocycles. The first kappa shape index (κ1) is 13.6. The van der Waals surface area contributed by atoms with E-state index in [9.17, 15) is 4.79 Å². The van der Waals surface area contributed by atoms with Crippen LogP contribution in [-0.4, -0.2) is 13.1 Å². The van der Waals surface area contributed by atoms with Crippen molar-refractivity contribution in [1.82, 2.24) is 0 Å². The highest BCUT2D eigenvalue weighted by Crippen LogP contribution is 2.33. The summed E-state index contributed by atoms with van der Waals surface area (Å²) in [4.78, 5) is 13.0. The van der Waals surface area contributed by atoms with Gasteiger partial charge >= 0.3 is 5.97 Å². The molecule has 1 aromatic heterocycles. The second kappa shape index (κ2) is 5.58. The zero-order chi connectivity index (χ0) is 14.8. The molecule has 0 amide bonds. The van der Waals surface area contributed by atoms with Gasteiger partial charge in [-0.25, -0.2) is 4.79 Å². The highest BCUT2D eigenvalue weighted by molar-refractivity contribution is 7.10. The largest absolute Gasteiger partial charge is 0.496 e. The normalized spacial score (nSPS) is 16.0.